The summed E-state index contributed by atoms with van der Waals surface area (Å²) in [7, 11) is 3.21. The monoisotopic (exact) mass is 513 g/mol. The molecule has 1 fully saturated rings. The van der Waals surface area contributed by atoms with Crippen molar-refractivity contribution >= 4 is 28.3 Å². The van der Waals surface area contributed by atoms with Gasteiger partial charge in [0, 0.05) is 55.5 Å². The molecule has 9 heteroatoms. The van der Waals surface area contributed by atoms with E-state index in [4.69, 9.17) is 4.74 Å². The van der Waals surface area contributed by atoms with Crippen molar-refractivity contribution < 1.29 is 14.3 Å². The number of carbonyl (C=O) groups is 2. The van der Waals surface area contributed by atoms with Crippen LogP contribution in [-0.2, 0) is 13.6 Å². The van der Waals surface area contributed by atoms with Crippen molar-refractivity contribution in [2.45, 2.75) is 32.4 Å². The number of pyridine rings is 2. The van der Waals surface area contributed by atoms with Crippen molar-refractivity contribution in [2.24, 2.45) is 7.05 Å². The molecule has 1 aliphatic rings. The summed E-state index contributed by atoms with van der Waals surface area (Å²) in [6.07, 6.45) is 5.16. The topological polar surface area (TPSA) is 98.5 Å². The second kappa shape index (κ2) is 10.5. The summed E-state index contributed by atoms with van der Waals surface area (Å²) in [5.41, 5.74) is 2.81. The molecule has 0 bridgehead atoms. The van der Waals surface area contributed by atoms with Crippen molar-refractivity contribution in [3.8, 4) is 5.75 Å². The average Bonchev–Trinajstić information content (AvgIpc) is 3.23. The number of aryl methyl sites for hydroxylation is 2. The highest BCUT2D eigenvalue weighted by atomic mass is 16.5. The van der Waals surface area contributed by atoms with Gasteiger partial charge in [0.15, 0.2) is 17.2 Å². The molecule has 196 valence electrons. The Morgan fingerprint density at radius 1 is 1.08 bits per heavy atom. The number of carbonyl (C=O) groups excluding carboxylic acids is 2. The molecule has 0 aliphatic carbocycles. The fraction of sp³-hybridized carbons (Fsp3) is 0.310. The van der Waals surface area contributed by atoms with Crippen LogP contribution >= 0.6 is 0 Å². The number of fused-ring (bicyclic) bond motifs is 1. The maximum Gasteiger partial charge on any atom is 0.272 e. The van der Waals surface area contributed by atoms with E-state index in [0.29, 0.717) is 27.9 Å². The molecule has 38 heavy (non-hydrogen) atoms. The first-order chi connectivity index (χ1) is 18.4. The average molecular weight is 514 g/mol. The van der Waals surface area contributed by atoms with E-state index in [1.165, 1.54) is 11.7 Å². The molecule has 1 saturated heterocycles. The summed E-state index contributed by atoms with van der Waals surface area (Å²) in [4.78, 5) is 46.3. The first-order valence-electron chi connectivity index (χ1n) is 12.7. The number of hydrogen-bond donors (Lipinski definition) is 1. The van der Waals surface area contributed by atoms with Crippen LogP contribution in [0.15, 0.2) is 65.7 Å². The molecule has 0 saturated carbocycles. The lowest BCUT2D eigenvalue weighted by Crippen LogP contribution is -2.45. The van der Waals surface area contributed by atoms with Crippen LogP contribution in [0.25, 0.3) is 10.9 Å². The Morgan fingerprint density at radius 2 is 1.76 bits per heavy atom. The molecular formula is C29H31N5O4. The largest absolute Gasteiger partial charge is 0.493 e. The van der Waals surface area contributed by atoms with Gasteiger partial charge in [-0.3, -0.25) is 19.4 Å². The highest BCUT2D eigenvalue weighted by Crippen LogP contribution is 2.31. The van der Waals surface area contributed by atoms with E-state index in [1.807, 2.05) is 24.3 Å². The van der Waals surface area contributed by atoms with Crippen LogP contribution in [0, 0.1) is 6.92 Å². The second-order valence-corrected chi connectivity index (χ2v) is 9.61. The number of piperidine rings is 1. The van der Waals surface area contributed by atoms with E-state index in [9.17, 15) is 14.4 Å². The highest BCUT2D eigenvalue weighted by Gasteiger charge is 2.28. The predicted molar refractivity (Wildman–Crippen MR) is 146 cm³/mol. The lowest BCUT2D eigenvalue weighted by Gasteiger charge is -2.33. The Labute approximate surface area is 220 Å². The van der Waals surface area contributed by atoms with Crippen LogP contribution in [-0.4, -0.2) is 52.0 Å². The number of nitrogens with one attached hydrogen (secondary N) is 1. The van der Waals surface area contributed by atoms with Gasteiger partial charge in [0.25, 0.3) is 11.5 Å². The van der Waals surface area contributed by atoms with Crippen molar-refractivity contribution in [1.82, 2.24) is 19.4 Å². The molecule has 1 amide bonds. The minimum absolute atomic E-state index is 0.00481. The van der Waals surface area contributed by atoms with Gasteiger partial charge in [-0.15, -0.1) is 0 Å². The Hall–Kier alpha value is -4.40. The molecule has 0 radical (unpaired) electrons. The third kappa shape index (κ3) is 4.67. The molecule has 1 aliphatic heterocycles. The van der Waals surface area contributed by atoms with Gasteiger partial charge >= 0.3 is 0 Å². The number of amides is 1. The van der Waals surface area contributed by atoms with E-state index in [0.717, 1.165) is 31.6 Å². The van der Waals surface area contributed by atoms with Crippen LogP contribution in [0.5, 0.6) is 5.75 Å². The molecule has 0 spiro atoms. The van der Waals surface area contributed by atoms with Gasteiger partial charge in [0.05, 0.1) is 19.2 Å². The van der Waals surface area contributed by atoms with Crippen LogP contribution in [0.1, 0.15) is 39.4 Å². The lowest BCUT2D eigenvalue weighted by molar-refractivity contribution is 0.0918. The Bertz CT molecular complexity index is 1530. The second-order valence-electron chi connectivity index (χ2n) is 9.61. The van der Waals surface area contributed by atoms with E-state index in [-0.39, 0.29) is 35.6 Å². The predicted octanol–water partition coefficient (Wildman–Crippen LogP) is 3.33. The minimum Gasteiger partial charge on any atom is -0.493 e. The molecule has 9 nitrogen and oxygen atoms in total. The normalized spacial score (nSPS) is 14.0. The van der Waals surface area contributed by atoms with E-state index in [2.05, 4.69) is 15.2 Å². The molecule has 3 aromatic heterocycles. The highest BCUT2D eigenvalue weighted by molar-refractivity contribution is 6.04. The fourth-order valence-corrected chi connectivity index (χ4v) is 5.22. The number of rotatable bonds is 7. The van der Waals surface area contributed by atoms with Gasteiger partial charge in [0.1, 0.15) is 5.39 Å². The lowest BCUT2D eigenvalue weighted by atomic mass is 10.0. The number of Topliss-reactive ketones (excluding diaryl/α,β-unsaturated/α-hetero) is 1. The minimum atomic E-state index is -0.360. The van der Waals surface area contributed by atoms with E-state index < -0.39 is 0 Å². The number of aromatic nitrogens is 3. The summed E-state index contributed by atoms with van der Waals surface area (Å²) < 4.78 is 8.78. The van der Waals surface area contributed by atoms with Crippen molar-refractivity contribution in [3.63, 3.8) is 0 Å². The fourth-order valence-electron chi connectivity index (χ4n) is 5.22. The zero-order chi connectivity index (χ0) is 26.8. The van der Waals surface area contributed by atoms with Gasteiger partial charge < -0.3 is 24.1 Å². The Balaban J connectivity index is 1.40. The first kappa shape index (κ1) is 25.3. The number of benzene rings is 1. The van der Waals surface area contributed by atoms with E-state index >= 15 is 0 Å². The molecule has 1 aromatic carbocycles. The summed E-state index contributed by atoms with van der Waals surface area (Å²) in [5.74, 6) is -0.229. The summed E-state index contributed by atoms with van der Waals surface area (Å²) >= 11 is 0. The smallest absolute Gasteiger partial charge is 0.272 e. The molecule has 4 heterocycles. The van der Waals surface area contributed by atoms with Gasteiger partial charge in [-0.05, 0) is 38.0 Å². The SMILES string of the molecule is COc1c(C(=O)NC2CCN(c3ccncc3)CC2)n(C)c2cc(C)n(CC(=O)c3ccccc3)c(=O)c12. The number of ether oxygens (including phenoxy) is 1. The van der Waals surface area contributed by atoms with Gasteiger partial charge in [-0.25, -0.2) is 0 Å². The van der Waals surface area contributed by atoms with Crippen LogP contribution in [0.4, 0.5) is 5.69 Å². The molecule has 5 rings (SSSR count). The third-order valence-electron chi connectivity index (χ3n) is 7.30. The zero-order valence-electron chi connectivity index (χ0n) is 21.8. The van der Waals surface area contributed by atoms with Gasteiger partial charge in [-0.1, -0.05) is 30.3 Å². The number of anilines is 1. The van der Waals surface area contributed by atoms with Gasteiger partial charge in [0.2, 0.25) is 0 Å². The Morgan fingerprint density at radius 3 is 2.42 bits per heavy atom. The van der Waals surface area contributed by atoms with Crippen molar-refractivity contribution in [1.29, 1.82) is 0 Å². The summed E-state index contributed by atoms with van der Waals surface area (Å²) in [6.45, 7) is 3.33. The number of ketones is 1. The number of hydrogen-bond acceptors (Lipinski definition) is 6. The molecule has 1 N–H and O–H groups in total. The number of methoxy groups -OCH3 is 1. The van der Waals surface area contributed by atoms with E-state index in [1.54, 1.807) is 55.2 Å². The standard InChI is InChI=1S/C29H31N5O4/c1-19-17-23-25(29(37)34(19)18-24(35)20-7-5-4-6-8-20)27(38-3)26(32(23)2)28(36)31-21-11-15-33(16-12-21)22-9-13-30-14-10-22/h4-10,13-14,17,21H,11-12,15-16,18H2,1-3H3,(H,31,36). The Kier molecular flexibility index (Phi) is 7.00. The molecular weight excluding hydrogens is 482 g/mol. The summed E-state index contributed by atoms with van der Waals surface area (Å²) in [6, 6.07) is 14.7. The van der Waals surface area contributed by atoms with Gasteiger partial charge in [-0.2, -0.15) is 0 Å². The summed E-state index contributed by atoms with van der Waals surface area (Å²) in [5, 5.41) is 3.44. The number of nitrogens with zero attached hydrogens (tertiary/aromatic N) is 4. The van der Waals surface area contributed by atoms with Crippen LogP contribution in [0.3, 0.4) is 0 Å². The molecule has 0 unspecified atom stereocenters. The van der Waals surface area contributed by atoms with Crippen LogP contribution in [0.2, 0.25) is 0 Å². The zero-order valence-corrected chi connectivity index (χ0v) is 21.8. The van der Waals surface area contributed by atoms with Crippen molar-refractivity contribution in [3.05, 3.63) is 88.2 Å². The maximum absolute atomic E-state index is 13.6. The molecule has 4 aromatic rings. The third-order valence-corrected chi connectivity index (χ3v) is 7.30. The maximum atomic E-state index is 13.6. The van der Waals surface area contributed by atoms with Crippen molar-refractivity contribution in [2.75, 3.05) is 25.1 Å². The quantitative estimate of drug-likeness (QED) is 0.381. The molecule has 0 atom stereocenters. The van der Waals surface area contributed by atoms with Crippen LogP contribution < -0.4 is 20.5 Å². The first-order valence-corrected chi connectivity index (χ1v) is 12.7.